The molecule has 112 valence electrons. The molecule has 0 atom stereocenters. The Kier molecular flexibility index (Phi) is 4.10. The van der Waals surface area contributed by atoms with Crippen LogP contribution in [0.5, 0.6) is 5.75 Å². The first-order chi connectivity index (χ1) is 10.8. The van der Waals surface area contributed by atoms with E-state index in [1.165, 1.54) is 0 Å². The van der Waals surface area contributed by atoms with Gasteiger partial charge in [-0.1, -0.05) is 18.2 Å². The molecule has 1 aliphatic rings. The number of allylic oxidation sites excluding steroid dienone is 1. The molecule has 1 N–H and O–H groups in total. The quantitative estimate of drug-likeness (QED) is 0.695. The molecule has 1 aliphatic heterocycles. The lowest BCUT2D eigenvalue weighted by molar-refractivity contribution is 0.104. The van der Waals surface area contributed by atoms with Crippen LogP contribution >= 0.6 is 0 Å². The minimum Gasteiger partial charge on any atom is -0.497 e. The molecule has 0 bridgehead atoms. The van der Waals surface area contributed by atoms with Crippen LogP contribution < -0.4 is 15.0 Å². The Morgan fingerprint density at radius 2 is 1.86 bits per heavy atom. The number of rotatable bonds is 4. The van der Waals surface area contributed by atoms with Crippen LogP contribution in [0.3, 0.4) is 0 Å². The lowest BCUT2D eigenvalue weighted by atomic mass is 10.1. The summed E-state index contributed by atoms with van der Waals surface area (Å²) in [7, 11) is 1.61. The van der Waals surface area contributed by atoms with Crippen LogP contribution in [0.4, 0.5) is 5.69 Å². The van der Waals surface area contributed by atoms with Gasteiger partial charge in [-0.05, 0) is 36.4 Å². The van der Waals surface area contributed by atoms with Crippen molar-refractivity contribution in [2.24, 2.45) is 0 Å². The maximum atomic E-state index is 12.4. The highest BCUT2D eigenvalue weighted by molar-refractivity contribution is 6.05. The van der Waals surface area contributed by atoms with E-state index in [2.05, 4.69) is 10.2 Å². The molecule has 0 unspecified atom stereocenters. The number of methoxy groups -OCH3 is 1. The van der Waals surface area contributed by atoms with Crippen molar-refractivity contribution in [3.63, 3.8) is 0 Å². The van der Waals surface area contributed by atoms with Crippen LogP contribution in [-0.2, 0) is 0 Å². The maximum absolute atomic E-state index is 12.4. The van der Waals surface area contributed by atoms with Crippen molar-refractivity contribution in [2.75, 3.05) is 25.1 Å². The molecular weight excluding hydrogens is 276 g/mol. The summed E-state index contributed by atoms with van der Waals surface area (Å²) in [4.78, 5) is 14.5. The van der Waals surface area contributed by atoms with Crippen LogP contribution in [0.25, 0.3) is 0 Å². The van der Waals surface area contributed by atoms with Gasteiger partial charge in [0.2, 0.25) is 0 Å². The van der Waals surface area contributed by atoms with Gasteiger partial charge in [-0.25, -0.2) is 0 Å². The monoisotopic (exact) mass is 294 g/mol. The van der Waals surface area contributed by atoms with Gasteiger partial charge >= 0.3 is 0 Å². The Hall–Kier alpha value is -2.75. The molecule has 0 radical (unpaired) electrons. The smallest absolute Gasteiger partial charge is 0.189 e. The van der Waals surface area contributed by atoms with Crippen LogP contribution in [0.15, 0.2) is 66.5 Å². The van der Waals surface area contributed by atoms with Gasteiger partial charge in [0.05, 0.1) is 7.11 Å². The molecule has 4 nitrogen and oxygen atoms in total. The third-order valence-corrected chi connectivity index (χ3v) is 3.64. The van der Waals surface area contributed by atoms with E-state index in [0.717, 1.165) is 30.3 Å². The molecule has 1 saturated heterocycles. The summed E-state index contributed by atoms with van der Waals surface area (Å²) in [5.74, 6) is 1.56. The Morgan fingerprint density at radius 3 is 2.55 bits per heavy atom. The highest BCUT2D eigenvalue weighted by atomic mass is 16.5. The number of anilines is 1. The summed E-state index contributed by atoms with van der Waals surface area (Å²) < 4.78 is 5.11. The van der Waals surface area contributed by atoms with Gasteiger partial charge in [0.25, 0.3) is 0 Å². The first kappa shape index (κ1) is 14.2. The van der Waals surface area contributed by atoms with Gasteiger partial charge in [0, 0.05) is 30.4 Å². The summed E-state index contributed by atoms with van der Waals surface area (Å²) >= 11 is 0. The first-order valence-electron chi connectivity index (χ1n) is 7.24. The zero-order chi connectivity index (χ0) is 15.4. The summed E-state index contributed by atoms with van der Waals surface area (Å²) in [6, 6.07) is 17.2. The van der Waals surface area contributed by atoms with Crippen molar-refractivity contribution in [1.29, 1.82) is 0 Å². The molecule has 0 aromatic heterocycles. The first-order valence-corrected chi connectivity index (χ1v) is 7.24. The molecule has 0 amide bonds. The minimum absolute atomic E-state index is 0.0204. The predicted octanol–water partition coefficient (Wildman–Crippen LogP) is 2.83. The number of nitrogens with one attached hydrogen (secondary N) is 1. The number of carbonyl (C=O) groups is 1. The molecule has 2 aromatic rings. The number of nitrogens with zero attached hydrogens (tertiary/aromatic N) is 1. The minimum atomic E-state index is -0.0204. The molecule has 2 aromatic carbocycles. The Morgan fingerprint density at radius 1 is 1.14 bits per heavy atom. The molecular formula is C18H18N2O2. The van der Waals surface area contributed by atoms with Crippen molar-refractivity contribution in [1.82, 2.24) is 5.32 Å². The number of hydrogen-bond donors (Lipinski definition) is 1. The normalized spacial score (nSPS) is 15.7. The molecule has 4 heteroatoms. The fourth-order valence-electron chi connectivity index (χ4n) is 2.48. The third-order valence-electron chi connectivity index (χ3n) is 3.64. The van der Waals surface area contributed by atoms with Gasteiger partial charge in [-0.2, -0.15) is 0 Å². The Labute approximate surface area is 130 Å². The summed E-state index contributed by atoms with van der Waals surface area (Å²) in [6.45, 7) is 1.68. The number of ketones is 1. The van der Waals surface area contributed by atoms with Crippen molar-refractivity contribution < 1.29 is 9.53 Å². The van der Waals surface area contributed by atoms with E-state index in [9.17, 15) is 4.79 Å². The van der Waals surface area contributed by atoms with Crippen LogP contribution in [0, 0.1) is 0 Å². The van der Waals surface area contributed by atoms with Gasteiger partial charge in [-0.15, -0.1) is 0 Å². The highest BCUT2D eigenvalue weighted by Crippen LogP contribution is 2.21. The second-order valence-corrected chi connectivity index (χ2v) is 5.04. The number of para-hydroxylation sites is 1. The zero-order valence-corrected chi connectivity index (χ0v) is 12.5. The molecule has 3 rings (SSSR count). The molecule has 0 saturated carbocycles. The second-order valence-electron chi connectivity index (χ2n) is 5.04. The van der Waals surface area contributed by atoms with Crippen molar-refractivity contribution >= 4 is 11.5 Å². The van der Waals surface area contributed by atoms with Gasteiger partial charge in [0.15, 0.2) is 5.78 Å². The van der Waals surface area contributed by atoms with Gasteiger partial charge in [-0.3, -0.25) is 4.79 Å². The fourth-order valence-corrected chi connectivity index (χ4v) is 2.48. The van der Waals surface area contributed by atoms with E-state index >= 15 is 0 Å². The molecule has 0 aliphatic carbocycles. The average Bonchev–Trinajstić information content (AvgIpc) is 3.04. The van der Waals surface area contributed by atoms with E-state index < -0.39 is 0 Å². The topological polar surface area (TPSA) is 41.6 Å². The summed E-state index contributed by atoms with van der Waals surface area (Å²) in [5.41, 5.74) is 1.73. The molecule has 22 heavy (non-hydrogen) atoms. The number of hydrogen-bond acceptors (Lipinski definition) is 4. The fraction of sp³-hybridized carbons (Fsp3) is 0.167. The van der Waals surface area contributed by atoms with Crippen LogP contribution in [-0.4, -0.2) is 26.0 Å². The third kappa shape index (κ3) is 2.96. The van der Waals surface area contributed by atoms with E-state index in [1.807, 2.05) is 30.3 Å². The summed E-state index contributed by atoms with van der Waals surface area (Å²) in [5, 5.41) is 3.27. The van der Waals surface area contributed by atoms with Crippen LogP contribution in [0.2, 0.25) is 0 Å². The Bertz CT molecular complexity index is 678. The van der Waals surface area contributed by atoms with Gasteiger partial charge < -0.3 is 15.0 Å². The molecule has 1 heterocycles. The number of carbonyl (C=O) groups excluding carboxylic acids is 1. The lowest BCUT2D eigenvalue weighted by Gasteiger charge is -2.18. The average molecular weight is 294 g/mol. The predicted molar refractivity (Wildman–Crippen MR) is 87.2 cm³/mol. The number of benzene rings is 2. The lowest BCUT2D eigenvalue weighted by Crippen LogP contribution is -2.20. The van der Waals surface area contributed by atoms with Crippen molar-refractivity contribution in [2.45, 2.75) is 0 Å². The second kappa shape index (κ2) is 6.35. The van der Waals surface area contributed by atoms with E-state index in [-0.39, 0.29) is 5.78 Å². The van der Waals surface area contributed by atoms with Gasteiger partial charge in [0.1, 0.15) is 11.6 Å². The van der Waals surface area contributed by atoms with E-state index in [0.29, 0.717) is 5.56 Å². The van der Waals surface area contributed by atoms with Crippen molar-refractivity contribution in [3.05, 3.63) is 72.1 Å². The number of ether oxygens (including phenoxy) is 1. The summed E-state index contributed by atoms with van der Waals surface area (Å²) in [6.07, 6.45) is 1.65. The zero-order valence-electron chi connectivity index (χ0n) is 12.5. The SMILES string of the molecule is COc1ccc(C(=O)/C=C2\NCCN2c2ccccc2)cc1. The Balaban J connectivity index is 1.82. The van der Waals surface area contributed by atoms with Crippen molar-refractivity contribution in [3.8, 4) is 5.75 Å². The highest BCUT2D eigenvalue weighted by Gasteiger charge is 2.19. The van der Waals surface area contributed by atoms with E-state index in [1.54, 1.807) is 37.5 Å². The largest absolute Gasteiger partial charge is 0.497 e. The van der Waals surface area contributed by atoms with E-state index in [4.69, 9.17) is 4.74 Å². The molecule has 1 fully saturated rings. The molecule has 0 spiro atoms. The maximum Gasteiger partial charge on any atom is 0.189 e. The van der Waals surface area contributed by atoms with Crippen LogP contribution in [0.1, 0.15) is 10.4 Å². The standard InChI is InChI=1S/C18H18N2O2/c1-22-16-9-7-14(8-10-16)17(21)13-18-19-11-12-20(18)15-5-3-2-4-6-15/h2-10,13,19H,11-12H2,1H3/b18-13+.